The first-order valence-corrected chi connectivity index (χ1v) is 8.33. The fraction of sp³-hybridized carbons (Fsp3) is 0.0714. The van der Waals surface area contributed by atoms with Crippen molar-refractivity contribution in [2.24, 2.45) is 0 Å². The second-order valence-corrected chi connectivity index (χ2v) is 7.08. The molecule has 0 radical (unpaired) electrons. The molecule has 1 N–H and O–H groups in total. The van der Waals surface area contributed by atoms with E-state index >= 15 is 0 Å². The zero-order valence-corrected chi connectivity index (χ0v) is 13.6. The first kappa shape index (κ1) is 15.0. The van der Waals surface area contributed by atoms with Gasteiger partial charge in [-0.05, 0) is 53.8 Å². The molecule has 0 aliphatic heterocycles. The Kier molecular flexibility index (Phi) is 4.44. The highest BCUT2D eigenvalue weighted by Crippen LogP contribution is 2.23. The standard InChI is InChI=1S/C14H12INO3S/c1-10-5-7-11(8-6-10)20(18,19)16-14-4-2-3-13(15)12(14)9-17/h2-9,16H,1H3. The Morgan fingerprint density at radius 2 is 1.75 bits per heavy atom. The summed E-state index contributed by atoms with van der Waals surface area (Å²) >= 11 is 1.99. The van der Waals surface area contributed by atoms with Crippen molar-refractivity contribution in [1.29, 1.82) is 0 Å². The fourth-order valence-electron chi connectivity index (χ4n) is 1.67. The van der Waals surface area contributed by atoms with Gasteiger partial charge in [0.25, 0.3) is 10.0 Å². The molecule has 0 unspecified atom stereocenters. The molecule has 2 aromatic rings. The van der Waals surface area contributed by atoms with Gasteiger partial charge >= 0.3 is 0 Å². The number of aryl methyl sites for hydroxylation is 1. The predicted molar refractivity (Wildman–Crippen MR) is 86.5 cm³/mol. The summed E-state index contributed by atoms with van der Waals surface area (Å²) in [6, 6.07) is 11.5. The van der Waals surface area contributed by atoms with E-state index < -0.39 is 10.0 Å². The smallest absolute Gasteiger partial charge is 0.261 e. The Hall–Kier alpha value is -1.41. The van der Waals surface area contributed by atoms with Gasteiger partial charge < -0.3 is 0 Å². The molecule has 0 atom stereocenters. The first-order valence-electron chi connectivity index (χ1n) is 5.77. The van der Waals surface area contributed by atoms with E-state index in [9.17, 15) is 13.2 Å². The number of carbonyl (C=O) groups excluding carboxylic acids is 1. The number of halogens is 1. The number of benzene rings is 2. The van der Waals surface area contributed by atoms with E-state index in [2.05, 4.69) is 4.72 Å². The van der Waals surface area contributed by atoms with Crippen molar-refractivity contribution in [2.45, 2.75) is 11.8 Å². The van der Waals surface area contributed by atoms with Crippen LogP contribution in [-0.4, -0.2) is 14.7 Å². The van der Waals surface area contributed by atoms with E-state index in [0.717, 1.165) is 5.56 Å². The van der Waals surface area contributed by atoms with Crippen molar-refractivity contribution in [1.82, 2.24) is 0 Å². The molecule has 0 bridgehead atoms. The van der Waals surface area contributed by atoms with Gasteiger partial charge in [0, 0.05) is 3.57 Å². The van der Waals surface area contributed by atoms with Gasteiger partial charge in [0.2, 0.25) is 0 Å². The van der Waals surface area contributed by atoms with Crippen LogP contribution in [-0.2, 0) is 10.0 Å². The van der Waals surface area contributed by atoms with Crippen LogP contribution in [0.25, 0.3) is 0 Å². The molecule has 0 heterocycles. The monoisotopic (exact) mass is 401 g/mol. The predicted octanol–water partition coefficient (Wildman–Crippen LogP) is 3.21. The van der Waals surface area contributed by atoms with E-state index in [1.54, 1.807) is 30.3 Å². The maximum atomic E-state index is 12.3. The molecular formula is C14H12INO3S. The van der Waals surface area contributed by atoms with Crippen LogP contribution in [0, 0.1) is 10.5 Å². The number of sulfonamides is 1. The molecule has 2 rings (SSSR count). The number of aldehydes is 1. The first-order chi connectivity index (χ1) is 9.44. The van der Waals surface area contributed by atoms with Crippen LogP contribution in [0.2, 0.25) is 0 Å². The number of anilines is 1. The Labute approximate surface area is 131 Å². The maximum Gasteiger partial charge on any atom is 0.261 e. The van der Waals surface area contributed by atoms with E-state index in [1.165, 1.54) is 12.1 Å². The second-order valence-electron chi connectivity index (χ2n) is 4.24. The highest BCUT2D eigenvalue weighted by atomic mass is 127. The Balaban J connectivity index is 2.41. The van der Waals surface area contributed by atoms with Crippen LogP contribution in [0.15, 0.2) is 47.4 Å². The summed E-state index contributed by atoms with van der Waals surface area (Å²) < 4.78 is 27.7. The minimum Gasteiger partial charge on any atom is -0.298 e. The minimum absolute atomic E-state index is 0.166. The zero-order valence-electron chi connectivity index (χ0n) is 10.6. The van der Waals surface area contributed by atoms with Crippen molar-refractivity contribution in [2.75, 3.05) is 4.72 Å². The summed E-state index contributed by atoms with van der Waals surface area (Å²) in [4.78, 5) is 11.2. The third kappa shape index (κ3) is 3.18. The molecule has 20 heavy (non-hydrogen) atoms. The number of carbonyl (C=O) groups is 1. The number of hydrogen-bond acceptors (Lipinski definition) is 3. The van der Waals surface area contributed by atoms with E-state index in [-0.39, 0.29) is 10.6 Å². The van der Waals surface area contributed by atoms with Gasteiger partial charge in [-0.1, -0.05) is 23.8 Å². The SMILES string of the molecule is Cc1ccc(S(=O)(=O)Nc2cccc(I)c2C=O)cc1. The van der Waals surface area contributed by atoms with Crippen LogP contribution in [0.3, 0.4) is 0 Å². The summed E-state index contributed by atoms with van der Waals surface area (Å²) in [6.07, 6.45) is 0.648. The van der Waals surface area contributed by atoms with Crippen molar-refractivity contribution in [3.8, 4) is 0 Å². The third-order valence-electron chi connectivity index (χ3n) is 2.75. The third-order valence-corrected chi connectivity index (χ3v) is 5.07. The van der Waals surface area contributed by atoms with Crippen LogP contribution < -0.4 is 4.72 Å². The summed E-state index contributed by atoms with van der Waals surface area (Å²) in [6.45, 7) is 1.88. The highest BCUT2D eigenvalue weighted by Gasteiger charge is 2.16. The average molecular weight is 401 g/mol. The summed E-state index contributed by atoms with van der Waals surface area (Å²) in [5.74, 6) is 0. The molecule has 6 heteroatoms. The molecule has 0 aliphatic carbocycles. The van der Waals surface area contributed by atoms with Crippen LogP contribution in [0.4, 0.5) is 5.69 Å². The molecule has 0 amide bonds. The number of rotatable bonds is 4. The number of nitrogens with one attached hydrogen (secondary N) is 1. The molecule has 2 aromatic carbocycles. The van der Waals surface area contributed by atoms with Crippen molar-refractivity contribution < 1.29 is 13.2 Å². The van der Waals surface area contributed by atoms with Crippen LogP contribution in [0.5, 0.6) is 0 Å². The zero-order chi connectivity index (χ0) is 14.8. The topological polar surface area (TPSA) is 63.2 Å². The molecule has 0 saturated carbocycles. The van der Waals surface area contributed by atoms with E-state index in [4.69, 9.17) is 0 Å². The lowest BCUT2D eigenvalue weighted by Gasteiger charge is -2.11. The van der Waals surface area contributed by atoms with Gasteiger partial charge in [-0.25, -0.2) is 8.42 Å². The largest absolute Gasteiger partial charge is 0.298 e. The van der Waals surface area contributed by atoms with Gasteiger partial charge in [-0.15, -0.1) is 0 Å². The summed E-state index contributed by atoms with van der Waals surface area (Å²) in [5.41, 5.74) is 1.60. The molecular weight excluding hydrogens is 389 g/mol. The van der Waals surface area contributed by atoms with E-state index in [1.807, 2.05) is 29.5 Å². The molecule has 0 saturated heterocycles. The average Bonchev–Trinajstić information content (AvgIpc) is 2.39. The molecule has 0 fully saturated rings. The minimum atomic E-state index is -3.69. The molecule has 104 valence electrons. The molecule has 0 spiro atoms. The molecule has 0 aliphatic rings. The summed E-state index contributed by atoms with van der Waals surface area (Å²) in [5, 5.41) is 0. The highest BCUT2D eigenvalue weighted by molar-refractivity contribution is 14.1. The Morgan fingerprint density at radius 3 is 2.35 bits per heavy atom. The lowest BCUT2D eigenvalue weighted by atomic mass is 10.2. The lowest BCUT2D eigenvalue weighted by Crippen LogP contribution is -2.14. The Morgan fingerprint density at radius 1 is 1.10 bits per heavy atom. The van der Waals surface area contributed by atoms with E-state index in [0.29, 0.717) is 15.4 Å². The molecule has 0 aromatic heterocycles. The lowest BCUT2D eigenvalue weighted by molar-refractivity contribution is 0.112. The van der Waals surface area contributed by atoms with Gasteiger partial charge in [-0.3, -0.25) is 9.52 Å². The van der Waals surface area contributed by atoms with Crippen molar-refractivity contribution in [3.63, 3.8) is 0 Å². The van der Waals surface area contributed by atoms with Crippen LogP contribution >= 0.6 is 22.6 Å². The van der Waals surface area contributed by atoms with Crippen LogP contribution in [0.1, 0.15) is 15.9 Å². The van der Waals surface area contributed by atoms with Gasteiger partial charge in [0.05, 0.1) is 16.1 Å². The molecule has 4 nitrogen and oxygen atoms in total. The normalized spacial score (nSPS) is 11.1. The second kappa shape index (κ2) is 5.92. The van der Waals surface area contributed by atoms with Crippen molar-refractivity contribution in [3.05, 3.63) is 57.2 Å². The quantitative estimate of drug-likeness (QED) is 0.632. The van der Waals surface area contributed by atoms with Gasteiger partial charge in [-0.2, -0.15) is 0 Å². The number of hydrogen-bond donors (Lipinski definition) is 1. The summed E-state index contributed by atoms with van der Waals surface area (Å²) in [7, 11) is -3.69. The van der Waals surface area contributed by atoms with Gasteiger partial charge in [0.15, 0.2) is 6.29 Å². The Bertz CT molecular complexity index is 740. The fourth-order valence-corrected chi connectivity index (χ4v) is 3.37. The van der Waals surface area contributed by atoms with Gasteiger partial charge in [0.1, 0.15) is 0 Å². The maximum absolute atomic E-state index is 12.3. The van der Waals surface area contributed by atoms with Crippen molar-refractivity contribution >= 4 is 44.6 Å².